The van der Waals surface area contributed by atoms with Crippen molar-refractivity contribution in [1.29, 1.82) is 0 Å². The SMILES string of the molecule is CC(C)NCc1ccc(CN2CCC3CCCCC3C2)s1. The smallest absolute Gasteiger partial charge is 0.0328 e. The van der Waals surface area contributed by atoms with Gasteiger partial charge in [0.1, 0.15) is 0 Å². The quantitative estimate of drug-likeness (QED) is 0.874. The largest absolute Gasteiger partial charge is 0.310 e. The summed E-state index contributed by atoms with van der Waals surface area (Å²) in [6.45, 7) is 9.29. The predicted octanol–water partition coefficient (Wildman–Crippen LogP) is 4.26. The number of nitrogens with one attached hydrogen (secondary N) is 1. The lowest BCUT2D eigenvalue weighted by Gasteiger charge is -2.41. The van der Waals surface area contributed by atoms with Crippen molar-refractivity contribution in [2.45, 2.75) is 65.1 Å². The van der Waals surface area contributed by atoms with Crippen molar-refractivity contribution in [3.63, 3.8) is 0 Å². The highest BCUT2D eigenvalue weighted by atomic mass is 32.1. The molecular formula is C18H30N2S. The van der Waals surface area contributed by atoms with E-state index in [9.17, 15) is 0 Å². The Morgan fingerprint density at radius 1 is 1.14 bits per heavy atom. The highest BCUT2D eigenvalue weighted by molar-refractivity contribution is 7.11. The van der Waals surface area contributed by atoms with Crippen LogP contribution in [0.4, 0.5) is 0 Å². The molecule has 2 heterocycles. The van der Waals surface area contributed by atoms with E-state index >= 15 is 0 Å². The number of nitrogens with zero attached hydrogens (tertiary/aromatic N) is 1. The molecule has 2 aliphatic rings. The van der Waals surface area contributed by atoms with Gasteiger partial charge in [-0.25, -0.2) is 0 Å². The van der Waals surface area contributed by atoms with Gasteiger partial charge in [-0.15, -0.1) is 11.3 Å². The minimum atomic E-state index is 0.570. The summed E-state index contributed by atoms with van der Waals surface area (Å²) in [4.78, 5) is 5.73. The Balaban J connectivity index is 1.50. The number of fused-ring (bicyclic) bond motifs is 1. The third-order valence-corrected chi connectivity index (χ3v) is 6.23. The lowest BCUT2D eigenvalue weighted by Crippen LogP contribution is -2.41. The molecule has 3 heteroatoms. The molecule has 0 amide bonds. The molecule has 2 unspecified atom stereocenters. The van der Waals surface area contributed by atoms with Crippen molar-refractivity contribution in [3.8, 4) is 0 Å². The van der Waals surface area contributed by atoms with E-state index in [0.717, 1.165) is 18.4 Å². The average molecular weight is 307 g/mol. The van der Waals surface area contributed by atoms with E-state index in [4.69, 9.17) is 0 Å². The molecule has 2 fully saturated rings. The van der Waals surface area contributed by atoms with E-state index in [0.29, 0.717) is 6.04 Å². The molecule has 3 rings (SSSR count). The van der Waals surface area contributed by atoms with Crippen molar-refractivity contribution >= 4 is 11.3 Å². The van der Waals surface area contributed by atoms with Crippen LogP contribution in [0.15, 0.2) is 12.1 Å². The molecule has 1 aromatic rings. The van der Waals surface area contributed by atoms with Crippen molar-refractivity contribution < 1.29 is 0 Å². The predicted molar refractivity (Wildman–Crippen MR) is 91.6 cm³/mol. The maximum absolute atomic E-state index is 3.51. The molecule has 0 spiro atoms. The van der Waals surface area contributed by atoms with E-state index in [2.05, 4.69) is 36.2 Å². The van der Waals surface area contributed by atoms with Crippen LogP contribution in [0.5, 0.6) is 0 Å². The van der Waals surface area contributed by atoms with Crippen LogP contribution in [0.3, 0.4) is 0 Å². The van der Waals surface area contributed by atoms with Gasteiger partial charge in [-0.05, 0) is 43.4 Å². The topological polar surface area (TPSA) is 15.3 Å². The second kappa shape index (κ2) is 7.26. The van der Waals surface area contributed by atoms with Gasteiger partial charge in [-0.2, -0.15) is 0 Å². The molecule has 1 aromatic heterocycles. The molecule has 0 radical (unpaired) electrons. The molecule has 1 saturated heterocycles. The Morgan fingerprint density at radius 3 is 2.71 bits per heavy atom. The van der Waals surface area contributed by atoms with Crippen LogP contribution in [0, 0.1) is 11.8 Å². The maximum atomic E-state index is 3.51. The first-order chi connectivity index (χ1) is 10.2. The summed E-state index contributed by atoms with van der Waals surface area (Å²) in [5, 5.41) is 3.51. The summed E-state index contributed by atoms with van der Waals surface area (Å²) >= 11 is 1.99. The van der Waals surface area contributed by atoms with Crippen molar-refractivity contribution in [3.05, 3.63) is 21.9 Å². The van der Waals surface area contributed by atoms with Crippen LogP contribution in [-0.2, 0) is 13.1 Å². The zero-order valence-electron chi connectivity index (χ0n) is 13.6. The zero-order chi connectivity index (χ0) is 14.7. The number of thiophene rings is 1. The fourth-order valence-corrected chi connectivity index (χ4v) is 4.96. The minimum absolute atomic E-state index is 0.570. The Kier molecular flexibility index (Phi) is 5.36. The van der Waals surface area contributed by atoms with Crippen LogP contribution in [-0.4, -0.2) is 24.0 Å². The summed E-state index contributed by atoms with van der Waals surface area (Å²) in [6, 6.07) is 5.22. The lowest BCUT2D eigenvalue weighted by atomic mass is 9.75. The van der Waals surface area contributed by atoms with Crippen LogP contribution in [0.2, 0.25) is 0 Å². The molecule has 2 atom stereocenters. The van der Waals surface area contributed by atoms with Gasteiger partial charge in [-0.1, -0.05) is 33.1 Å². The summed E-state index contributed by atoms with van der Waals surface area (Å²) in [5.41, 5.74) is 0. The Hall–Kier alpha value is -0.380. The van der Waals surface area contributed by atoms with E-state index in [-0.39, 0.29) is 0 Å². The molecular weight excluding hydrogens is 276 g/mol. The second-order valence-corrected chi connectivity index (χ2v) is 8.48. The third-order valence-electron chi connectivity index (χ3n) is 5.16. The highest BCUT2D eigenvalue weighted by Crippen LogP contribution is 2.36. The van der Waals surface area contributed by atoms with Crippen molar-refractivity contribution in [2.75, 3.05) is 13.1 Å². The van der Waals surface area contributed by atoms with Crippen LogP contribution >= 0.6 is 11.3 Å². The summed E-state index contributed by atoms with van der Waals surface area (Å²) in [5.74, 6) is 2.04. The van der Waals surface area contributed by atoms with Gasteiger partial charge in [-0.3, -0.25) is 4.90 Å². The molecule has 21 heavy (non-hydrogen) atoms. The Bertz CT molecular complexity index is 440. The standard InChI is InChI=1S/C18H30N2S/c1-14(2)19-11-17-7-8-18(21-17)13-20-10-9-15-5-3-4-6-16(15)12-20/h7-8,14-16,19H,3-6,9-13H2,1-2H3. The number of piperidine rings is 1. The summed E-state index contributed by atoms with van der Waals surface area (Å²) in [6.07, 6.45) is 7.38. The number of hydrogen-bond acceptors (Lipinski definition) is 3. The van der Waals surface area contributed by atoms with E-state index in [1.54, 1.807) is 4.88 Å². The molecule has 0 aromatic carbocycles. The summed E-state index contributed by atoms with van der Waals surface area (Å²) < 4.78 is 0. The fraction of sp³-hybridized carbons (Fsp3) is 0.778. The number of likely N-dealkylation sites (tertiary alicyclic amines) is 1. The number of rotatable bonds is 5. The first-order valence-electron chi connectivity index (χ1n) is 8.74. The normalized spacial score (nSPS) is 27.0. The van der Waals surface area contributed by atoms with E-state index < -0.39 is 0 Å². The van der Waals surface area contributed by atoms with Gasteiger partial charge >= 0.3 is 0 Å². The average Bonchev–Trinajstić information content (AvgIpc) is 2.92. The lowest BCUT2D eigenvalue weighted by molar-refractivity contribution is 0.0827. The van der Waals surface area contributed by atoms with Gasteiger partial charge in [0.25, 0.3) is 0 Å². The monoisotopic (exact) mass is 306 g/mol. The van der Waals surface area contributed by atoms with Crippen LogP contribution in [0.1, 0.15) is 55.7 Å². The molecule has 1 N–H and O–H groups in total. The first-order valence-corrected chi connectivity index (χ1v) is 9.55. The molecule has 1 aliphatic carbocycles. The van der Waals surface area contributed by atoms with Crippen molar-refractivity contribution in [2.24, 2.45) is 11.8 Å². The highest BCUT2D eigenvalue weighted by Gasteiger charge is 2.30. The van der Waals surface area contributed by atoms with Gasteiger partial charge in [0, 0.05) is 35.4 Å². The first kappa shape index (κ1) is 15.5. The van der Waals surface area contributed by atoms with Crippen LogP contribution in [0.25, 0.3) is 0 Å². The van der Waals surface area contributed by atoms with Gasteiger partial charge < -0.3 is 5.32 Å². The van der Waals surface area contributed by atoms with Crippen LogP contribution < -0.4 is 5.32 Å². The van der Waals surface area contributed by atoms with Gasteiger partial charge in [0.15, 0.2) is 0 Å². The Labute approximate surface area is 133 Å². The maximum Gasteiger partial charge on any atom is 0.0328 e. The molecule has 1 saturated carbocycles. The fourth-order valence-electron chi connectivity index (χ4n) is 3.95. The summed E-state index contributed by atoms with van der Waals surface area (Å²) in [7, 11) is 0. The van der Waals surface area contributed by atoms with Crippen molar-refractivity contribution in [1.82, 2.24) is 10.2 Å². The molecule has 118 valence electrons. The van der Waals surface area contributed by atoms with E-state index in [1.165, 1.54) is 56.6 Å². The Morgan fingerprint density at radius 2 is 1.90 bits per heavy atom. The molecule has 2 nitrogen and oxygen atoms in total. The minimum Gasteiger partial charge on any atom is -0.310 e. The molecule has 1 aliphatic heterocycles. The third kappa shape index (κ3) is 4.30. The van der Waals surface area contributed by atoms with Gasteiger partial charge in [0.05, 0.1) is 0 Å². The molecule has 0 bridgehead atoms. The number of hydrogen-bond donors (Lipinski definition) is 1. The zero-order valence-corrected chi connectivity index (χ0v) is 14.4. The second-order valence-electron chi connectivity index (χ2n) is 7.23. The van der Waals surface area contributed by atoms with Gasteiger partial charge in [0.2, 0.25) is 0 Å². The van der Waals surface area contributed by atoms with E-state index in [1.807, 2.05) is 11.3 Å².